The molecule has 2 heterocycles. The van der Waals surface area contributed by atoms with Crippen LogP contribution in [0, 0.1) is 12.7 Å². The number of rotatable bonds is 7. The number of fused-ring (bicyclic) bond motifs is 1. The number of furan rings is 1. The number of nitrogens with one attached hydrogen (secondary N) is 1. The quantitative estimate of drug-likeness (QED) is 0.318. The monoisotopic (exact) mass is 613 g/mol. The number of hydrogen-bond acceptors (Lipinski definition) is 6. The van der Waals surface area contributed by atoms with Crippen molar-refractivity contribution in [3.63, 3.8) is 0 Å². The molecule has 12 heteroatoms. The summed E-state index contributed by atoms with van der Waals surface area (Å²) in [6, 6.07) is 16.0. The number of piperidine rings is 1. The molecule has 1 amide bonds. The Bertz CT molecular complexity index is 1890. The van der Waals surface area contributed by atoms with Gasteiger partial charge >= 0.3 is 0 Å². The van der Waals surface area contributed by atoms with Crippen LogP contribution in [0.2, 0.25) is 0 Å². The Kier molecular flexibility index (Phi) is 7.90. The Hall–Kier alpha value is -3.74. The summed E-state index contributed by atoms with van der Waals surface area (Å²) in [6.07, 6.45) is 2.10. The summed E-state index contributed by atoms with van der Waals surface area (Å²) in [6.45, 7) is 2.14. The molecule has 1 N–H and O–H groups in total. The summed E-state index contributed by atoms with van der Waals surface area (Å²) < 4.78 is 75.4. The average Bonchev–Trinajstić information content (AvgIpc) is 3.34. The van der Waals surface area contributed by atoms with E-state index in [0.717, 1.165) is 22.2 Å². The lowest BCUT2D eigenvalue weighted by Gasteiger charge is -2.34. The van der Waals surface area contributed by atoms with Gasteiger partial charge in [0.2, 0.25) is 20.0 Å². The highest BCUT2D eigenvalue weighted by atomic mass is 32.2. The second-order valence-electron chi connectivity index (χ2n) is 10.5. The molecule has 0 spiro atoms. The molecular formula is C30H32FN3O6S2. The normalized spacial score (nSPS) is 16.5. The number of aryl methyl sites for hydroxylation is 1. The van der Waals surface area contributed by atoms with Crippen molar-refractivity contribution < 1.29 is 30.4 Å². The van der Waals surface area contributed by atoms with Crippen LogP contribution in [-0.2, 0) is 20.0 Å². The van der Waals surface area contributed by atoms with Gasteiger partial charge in [0.15, 0.2) is 0 Å². The summed E-state index contributed by atoms with van der Waals surface area (Å²) >= 11 is 0. The van der Waals surface area contributed by atoms with E-state index in [1.807, 2.05) is 31.2 Å². The molecule has 42 heavy (non-hydrogen) atoms. The molecule has 5 rings (SSSR count). The standard InChI is InChI=1S/C30H32FN3O6S2/c1-19-11-13-20(14-12-19)29-28(30(35)32-2)23-16-22(25(17-26(23)40-29)33(3)41(4,36)37)21-8-7-15-34(18-21)42(38,39)27-10-6-5-9-24(27)31/h5-6,9-14,16-17,21H,7-8,15,18H2,1-4H3,(H,32,35)/t21-/m1/s1. The predicted octanol–water partition coefficient (Wildman–Crippen LogP) is 4.87. The maximum absolute atomic E-state index is 14.5. The van der Waals surface area contributed by atoms with Crippen LogP contribution < -0.4 is 9.62 Å². The van der Waals surface area contributed by atoms with Crippen LogP contribution in [0.1, 0.15) is 40.2 Å². The molecule has 1 fully saturated rings. The Morgan fingerprint density at radius 1 is 1.07 bits per heavy atom. The number of sulfonamides is 2. The minimum absolute atomic E-state index is 0.00472. The summed E-state index contributed by atoms with van der Waals surface area (Å²) in [5, 5.41) is 3.14. The molecule has 1 aliphatic heterocycles. The largest absolute Gasteiger partial charge is 0.455 e. The van der Waals surface area contributed by atoms with Crippen molar-refractivity contribution in [2.45, 2.75) is 30.6 Å². The molecule has 4 aromatic rings. The number of carbonyl (C=O) groups is 1. The van der Waals surface area contributed by atoms with Gasteiger partial charge < -0.3 is 9.73 Å². The van der Waals surface area contributed by atoms with E-state index in [-0.39, 0.29) is 24.6 Å². The van der Waals surface area contributed by atoms with Crippen LogP contribution >= 0.6 is 0 Å². The van der Waals surface area contributed by atoms with Crippen LogP contribution in [-0.4, -0.2) is 60.5 Å². The lowest BCUT2D eigenvalue weighted by Crippen LogP contribution is -2.40. The molecule has 0 unspecified atom stereocenters. The van der Waals surface area contributed by atoms with Gasteiger partial charge in [0, 0.05) is 44.2 Å². The predicted molar refractivity (Wildman–Crippen MR) is 160 cm³/mol. The van der Waals surface area contributed by atoms with Crippen molar-refractivity contribution in [2.75, 3.05) is 37.7 Å². The van der Waals surface area contributed by atoms with Gasteiger partial charge in [-0.05, 0) is 49.4 Å². The van der Waals surface area contributed by atoms with E-state index in [1.165, 1.54) is 36.6 Å². The molecule has 1 aromatic heterocycles. The fourth-order valence-electron chi connectivity index (χ4n) is 5.39. The number of hydrogen-bond donors (Lipinski definition) is 1. The summed E-state index contributed by atoms with van der Waals surface area (Å²) in [5.74, 6) is -1.33. The van der Waals surface area contributed by atoms with Crippen molar-refractivity contribution in [2.24, 2.45) is 0 Å². The topological polar surface area (TPSA) is 117 Å². The van der Waals surface area contributed by atoms with E-state index < -0.39 is 36.7 Å². The molecule has 0 saturated carbocycles. The zero-order chi connectivity index (χ0) is 30.4. The molecule has 1 atom stereocenters. The average molecular weight is 614 g/mol. The third-order valence-electron chi connectivity index (χ3n) is 7.72. The van der Waals surface area contributed by atoms with E-state index in [4.69, 9.17) is 4.42 Å². The second kappa shape index (κ2) is 11.2. The summed E-state index contributed by atoms with van der Waals surface area (Å²) in [5.41, 5.74) is 3.17. The van der Waals surface area contributed by atoms with Gasteiger partial charge in [-0.1, -0.05) is 42.0 Å². The van der Waals surface area contributed by atoms with Crippen molar-refractivity contribution in [3.8, 4) is 11.3 Å². The maximum Gasteiger partial charge on any atom is 0.255 e. The van der Waals surface area contributed by atoms with Gasteiger partial charge in [-0.25, -0.2) is 21.2 Å². The number of carbonyl (C=O) groups excluding carboxylic acids is 1. The fourth-order valence-corrected chi connectivity index (χ4v) is 7.50. The molecule has 3 aromatic carbocycles. The highest BCUT2D eigenvalue weighted by Crippen LogP contribution is 2.42. The summed E-state index contributed by atoms with van der Waals surface area (Å²) in [7, 11) is -4.95. The van der Waals surface area contributed by atoms with Gasteiger partial charge in [0.25, 0.3) is 5.91 Å². The second-order valence-corrected chi connectivity index (χ2v) is 14.4. The molecule has 9 nitrogen and oxygen atoms in total. The van der Waals surface area contributed by atoms with E-state index in [2.05, 4.69) is 5.32 Å². The first-order chi connectivity index (χ1) is 19.8. The first-order valence-corrected chi connectivity index (χ1v) is 16.7. The fraction of sp³-hybridized carbons (Fsp3) is 0.300. The Balaban J connectivity index is 1.69. The first-order valence-electron chi connectivity index (χ1n) is 13.4. The molecule has 0 aliphatic carbocycles. The van der Waals surface area contributed by atoms with Crippen molar-refractivity contribution in [1.82, 2.24) is 9.62 Å². The Morgan fingerprint density at radius 2 is 1.76 bits per heavy atom. The van der Waals surface area contributed by atoms with Crippen LogP contribution in [0.25, 0.3) is 22.3 Å². The lowest BCUT2D eigenvalue weighted by atomic mass is 9.89. The number of halogens is 1. The Morgan fingerprint density at radius 3 is 2.40 bits per heavy atom. The molecule has 1 aliphatic rings. The van der Waals surface area contributed by atoms with Gasteiger partial charge in [0.1, 0.15) is 22.1 Å². The van der Waals surface area contributed by atoms with Gasteiger partial charge in [-0.3, -0.25) is 9.10 Å². The molecule has 0 radical (unpaired) electrons. The molecule has 0 bridgehead atoms. The third kappa shape index (κ3) is 5.41. The number of benzene rings is 3. The van der Waals surface area contributed by atoms with Crippen molar-refractivity contribution >= 4 is 42.6 Å². The van der Waals surface area contributed by atoms with Gasteiger partial charge in [0.05, 0.1) is 17.5 Å². The molecular weight excluding hydrogens is 581 g/mol. The minimum Gasteiger partial charge on any atom is -0.455 e. The third-order valence-corrected chi connectivity index (χ3v) is 10.8. The van der Waals surface area contributed by atoms with Gasteiger partial charge in [-0.15, -0.1) is 0 Å². The van der Waals surface area contributed by atoms with E-state index >= 15 is 0 Å². The van der Waals surface area contributed by atoms with Crippen LogP contribution in [0.5, 0.6) is 0 Å². The number of nitrogens with zero attached hydrogens (tertiary/aromatic N) is 2. The SMILES string of the molecule is CNC(=O)c1c(-c2ccc(C)cc2)oc2cc(N(C)S(C)(=O)=O)c([C@@H]3CCCN(S(=O)(=O)c4ccccc4F)C3)cc12. The maximum atomic E-state index is 14.5. The smallest absolute Gasteiger partial charge is 0.255 e. The van der Waals surface area contributed by atoms with Crippen LogP contribution in [0.15, 0.2) is 70.0 Å². The molecule has 222 valence electrons. The highest BCUT2D eigenvalue weighted by molar-refractivity contribution is 7.92. The van der Waals surface area contributed by atoms with Gasteiger partial charge in [-0.2, -0.15) is 4.31 Å². The number of amides is 1. The highest BCUT2D eigenvalue weighted by Gasteiger charge is 2.35. The lowest BCUT2D eigenvalue weighted by molar-refractivity contribution is 0.0964. The van der Waals surface area contributed by atoms with Crippen LogP contribution in [0.4, 0.5) is 10.1 Å². The summed E-state index contributed by atoms with van der Waals surface area (Å²) in [4.78, 5) is 12.8. The Labute approximate surface area is 245 Å². The van der Waals surface area contributed by atoms with E-state index in [9.17, 15) is 26.0 Å². The van der Waals surface area contributed by atoms with Crippen molar-refractivity contribution in [1.29, 1.82) is 0 Å². The van der Waals surface area contributed by atoms with Crippen LogP contribution in [0.3, 0.4) is 0 Å². The van der Waals surface area contributed by atoms with E-state index in [0.29, 0.717) is 46.4 Å². The minimum atomic E-state index is -4.15. The zero-order valence-corrected chi connectivity index (χ0v) is 25.4. The van der Waals surface area contributed by atoms with Crippen molar-refractivity contribution in [3.05, 3.63) is 83.2 Å². The zero-order valence-electron chi connectivity index (χ0n) is 23.7. The first kappa shape index (κ1) is 29.7. The van der Waals surface area contributed by atoms with E-state index in [1.54, 1.807) is 12.1 Å². The number of anilines is 1. The molecule has 1 saturated heterocycles.